The Balaban J connectivity index is 1.45. The molecular weight excluding hydrogens is 444 g/mol. The third-order valence-electron chi connectivity index (χ3n) is 6.18. The summed E-state index contributed by atoms with van der Waals surface area (Å²) >= 11 is 0. The highest BCUT2D eigenvalue weighted by molar-refractivity contribution is 7.89. The number of aliphatic hydroxyl groups is 1. The van der Waals surface area contributed by atoms with E-state index in [9.17, 15) is 23.1 Å². The van der Waals surface area contributed by atoms with Crippen LogP contribution in [0.3, 0.4) is 0 Å². The fourth-order valence-electron chi connectivity index (χ4n) is 4.48. The fraction of sp³-hybridized carbons (Fsp3) is 0.391. The number of carbonyl (C=O) groups is 2. The van der Waals surface area contributed by atoms with E-state index in [2.05, 4.69) is 22.2 Å². The van der Waals surface area contributed by atoms with E-state index in [1.54, 1.807) is 0 Å². The lowest BCUT2D eigenvalue weighted by molar-refractivity contribution is -0.117. The second-order valence-corrected chi connectivity index (χ2v) is 10.3. The molecule has 2 aliphatic rings. The number of aryl methyl sites for hydroxylation is 2. The molecule has 33 heavy (non-hydrogen) atoms. The average Bonchev–Trinajstić information content (AvgIpc) is 3.43. The van der Waals surface area contributed by atoms with Gasteiger partial charge >= 0.3 is 0 Å². The summed E-state index contributed by atoms with van der Waals surface area (Å²) < 4.78 is 27.5. The maximum Gasteiger partial charge on any atom is 0.272 e. The van der Waals surface area contributed by atoms with Crippen LogP contribution >= 0.6 is 0 Å². The van der Waals surface area contributed by atoms with Gasteiger partial charge in [0, 0.05) is 24.0 Å². The molecule has 1 saturated heterocycles. The molecular formula is C23H28N4O5S. The molecule has 176 valence electrons. The molecule has 1 aromatic carbocycles. The maximum atomic E-state index is 13.2. The van der Waals surface area contributed by atoms with Gasteiger partial charge in [-0.3, -0.25) is 9.59 Å². The van der Waals surface area contributed by atoms with E-state index in [1.165, 1.54) is 34.1 Å². The number of aromatic amines is 1. The maximum absolute atomic E-state index is 13.2. The quantitative estimate of drug-likeness (QED) is 0.454. The van der Waals surface area contributed by atoms with Crippen LogP contribution in [0.4, 0.5) is 5.69 Å². The van der Waals surface area contributed by atoms with Gasteiger partial charge < -0.3 is 20.7 Å². The summed E-state index contributed by atoms with van der Waals surface area (Å²) in [5.74, 6) is -0.667. The first-order valence-corrected chi connectivity index (χ1v) is 12.4. The minimum Gasteiger partial charge on any atom is -0.395 e. The van der Waals surface area contributed by atoms with E-state index in [0.29, 0.717) is 17.8 Å². The van der Waals surface area contributed by atoms with Crippen molar-refractivity contribution in [2.45, 2.75) is 49.1 Å². The molecule has 2 amide bonds. The van der Waals surface area contributed by atoms with Crippen molar-refractivity contribution in [1.29, 1.82) is 0 Å². The largest absolute Gasteiger partial charge is 0.395 e. The van der Waals surface area contributed by atoms with Crippen molar-refractivity contribution in [3.63, 3.8) is 0 Å². The Morgan fingerprint density at radius 2 is 1.94 bits per heavy atom. The van der Waals surface area contributed by atoms with Gasteiger partial charge in [-0.25, -0.2) is 8.42 Å². The number of benzene rings is 1. The molecule has 2 aromatic rings. The highest BCUT2D eigenvalue weighted by atomic mass is 32.2. The van der Waals surface area contributed by atoms with Crippen LogP contribution in [-0.2, 0) is 27.7 Å². The zero-order valence-electron chi connectivity index (χ0n) is 18.2. The Bertz CT molecular complexity index is 1130. The summed E-state index contributed by atoms with van der Waals surface area (Å²) in [4.78, 5) is 27.4. The number of hydrogen-bond donors (Lipinski definition) is 4. The van der Waals surface area contributed by atoms with Gasteiger partial charge in [0.05, 0.1) is 17.5 Å². The zero-order valence-corrected chi connectivity index (χ0v) is 19.0. The van der Waals surface area contributed by atoms with Crippen LogP contribution in [0.2, 0.25) is 0 Å². The van der Waals surface area contributed by atoms with Gasteiger partial charge in [-0.1, -0.05) is 6.58 Å². The number of anilines is 1. The van der Waals surface area contributed by atoms with Crippen LogP contribution in [0.1, 0.15) is 41.0 Å². The number of nitrogens with one attached hydrogen (secondary N) is 3. The van der Waals surface area contributed by atoms with E-state index in [4.69, 9.17) is 0 Å². The first-order chi connectivity index (χ1) is 15.8. The number of carbonyl (C=O) groups excluding carboxylic acids is 2. The molecule has 2 unspecified atom stereocenters. The van der Waals surface area contributed by atoms with Crippen LogP contribution in [-0.4, -0.2) is 59.9 Å². The topological polar surface area (TPSA) is 132 Å². The van der Waals surface area contributed by atoms with Gasteiger partial charge in [-0.2, -0.15) is 4.31 Å². The number of amides is 2. The minimum absolute atomic E-state index is 0.0463. The lowest BCUT2D eigenvalue weighted by Crippen LogP contribution is -2.39. The standard InChI is InChI=1S/C23H28N4O5S/c1-2-22(29)24-17-12-18(14-28)27(13-17)33(31,32)19-9-7-16(8-10-19)25-23(30)21-11-15-5-3-4-6-20(15)26-21/h2,7-11,17-18,26,28H,1,3-6,12-14H2,(H,24,29)(H,25,30). The molecule has 9 nitrogen and oxygen atoms in total. The Morgan fingerprint density at radius 3 is 2.61 bits per heavy atom. The van der Waals surface area contributed by atoms with Crippen molar-refractivity contribution in [2.24, 2.45) is 0 Å². The van der Waals surface area contributed by atoms with Gasteiger partial charge in [0.25, 0.3) is 5.91 Å². The summed E-state index contributed by atoms with van der Waals surface area (Å²) in [7, 11) is -3.90. The lowest BCUT2D eigenvalue weighted by Gasteiger charge is -2.22. The number of aromatic nitrogens is 1. The third kappa shape index (κ3) is 4.87. The summed E-state index contributed by atoms with van der Waals surface area (Å²) in [6, 6.07) is 6.76. The fourth-order valence-corrected chi connectivity index (χ4v) is 6.15. The number of nitrogens with zero attached hydrogens (tertiary/aromatic N) is 1. The highest BCUT2D eigenvalue weighted by Gasteiger charge is 2.40. The van der Waals surface area contributed by atoms with Crippen molar-refractivity contribution >= 4 is 27.5 Å². The van der Waals surface area contributed by atoms with Gasteiger partial charge in [-0.05, 0) is 74.1 Å². The van der Waals surface area contributed by atoms with Crippen molar-refractivity contribution in [2.75, 3.05) is 18.5 Å². The normalized spacial score (nSPS) is 20.8. The number of sulfonamides is 1. The predicted octanol–water partition coefficient (Wildman–Crippen LogP) is 1.57. The molecule has 0 spiro atoms. The predicted molar refractivity (Wildman–Crippen MR) is 123 cm³/mol. The van der Waals surface area contributed by atoms with Crippen molar-refractivity contribution in [3.05, 3.63) is 59.9 Å². The number of aliphatic hydroxyl groups excluding tert-OH is 1. The molecule has 1 aliphatic carbocycles. The zero-order chi connectivity index (χ0) is 23.6. The molecule has 4 rings (SSSR count). The number of rotatable bonds is 7. The van der Waals surface area contributed by atoms with E-state index < -0.39 is 22.1 Å². The lowest BCUT2D eigenvalue weighted by atomic mass is 9.98. The third-order valence-corrected chi connectivity index (χ3v) is 8.12. The van der Waals surface area contributed by atoms with Crippen LogP contribution in [0.5, 0.6) is 0 Å². The van der Waals surface area contributed by atoms with Crippen LogP contribution in [0, 0.1) is 0 Å². The number of hydrogen-bond acceptors (Lipinski definition) is 5. The van der Waals surface area contributed by atoms with Gasteiger partial charge in [-0.15, -0.1) is 0 Å². The summed E-state index contributed by atoms with van der Waals surface area (Å²) in [5, 5.41) is 15.2. The first-order valence-electron chi connectivity index (χ1n) is 11.0. The Hall–Kier alpha value is -2.95. The second kappa shape index (κ2) is 9.50. The van der Waals surface area contributed by atoms with E-state index in [1.807, 2.05) is 6.07 Å². The minimum atomic E-state index is -3.90. The Kier molecular flexibility index (Phi) is 6.68. The van der Waals surface area contributed by atoms with Crippen molar-refractivity contribution in [1.82, 2.24) is 14.6 Å². The van der Waals surface area contributed by atoms with Crippen LogP contribution in [0.25, 0.3) is 0 Å². The van der Waals surface area contributed by atoms with E-state index in [-0.39, 0.29) is 29.9 Å². The molecule has 1 fully saturated rings. The summed E-state index contributed by atoms with van der Waals surface area (Å²) in [5.41, 5.74) is 3.26. The van der Waals surface area contributed by atoms with Gasteiger partial charge in [0.2, 0.25) is 15.9 Å². The van der Waals surface area contributed by atoms with Crippen molar-refractivity contribution < 1.29 is 23.1 Å². The molecule has 1 aliphatic heterocycles. The van der Waals surface area contributed by atoms with Crippen molar-refractivity contribution in [3.8, 4) is 0 Å². The van der Waals surface area contributed by atoms with Crippen LogP contribution < -0.4 is 10.6 Å². The summed E-state index contributed by atoms with van der Waals surface area (Å²) in [6.07, 6.45) is 5.58. The molecule has 1 aromatic heterocycles. The number of fused-ring (bicyclic) bond motifs is 1. The highest BCUT2D eigenvalue weighted by Crippen LogP contribution is 2.27. The molecule has 0 bridgehead atoms. The van der Waals surface area contributed by atoms with Gasteiger partial charge in [0.15, 0.2) is 0 Å². The SMILES string of the molecule is C=CC(=O)NC1CC(CO)N(S(=O)(=O)c2ccc(NC(=O)c3cc4c([nH]3)CCCC4)cc2)C1. The van der Waals surface area contributed by atoms with E-state index >= 15 is 0 Å². The first kappa shape index (κ1) is 23.2. The van der Waals surface area contributed by atoms with Gasteiger partial charge in [0.1, 0.15) is 5.69 Å². The molecule has 0 saturated carbocycles. The molecule has 4 N–H and O–H groups in total. The summed E-state index contributed by atoms with van der Waals surface area (Å²) in [6.45, 7) is 3.10. The molecule has 2 atom stereocenters. The molecule has 10 heteroatoms. The van der Waals surface area contributed by atoms with E-state index in [0.717, 1.165) is 37.5 Å². The molecule has 2 heterocycles. The average molecular weight is 473 g/mol. The smallest absolute Gasteiger partial charge is 0.272 e. The number of H-pyrrole nitrogens is 1. The molecule has 0 radical (unpaired) electrons. The second-order valence-electron chi connectivity index (χ2n) is 8.43. The monoisotopic (exact) mass is 472 g/mol. The Morgan fingerprint density at radius 1 is 1.21 bits per heavy atom. The van der Waals surface area contributed by atoms with Crippen LogP contribution in [0.15, 0.2) is 47.9 Å². The Labute approximate surface area is 192 Å².